The van der Waals surface area contributed by atoms with Gasteiger partial charge in [-0.05, 0) is 86.8 Å². The van der Waals surface area contributed by atoms with E-state index in [9.17, 15) is 36.2 Å². The average Bonchev–Trinajstić information content (AvgIpc) is 2.86. The highest BCUT2D eigenvalue weighted by molar-refractivity contribution is 5.89. The van der Waals surface area contributed by atoms with Crippen molar-refractivity contribution in [2.75, 3.05) is 0 Å². The Balaban J connectivity index is 1.40. The van der Waals surface area contributed by atoms with Gasteiger partial charge in [0.15, 0.2) is 0 Å². The zero-order valence-electron chi connectivity index (χ0n) is 21.7. The number of hydrogen-bond acceptors (Lipinski definition) is 3. The molecule has 10 heteroatoms. The highest BCUT2D eigenvalue weighted by atomic mass is 19.4. The molecule has 3 fully saturated rings. The van der Waals surface area contributed by atoms with Gasteiger partial charge in [-0.15, -0.1) is 0 Å². The van der Waals surface area contributed by atoms with Crippen molar-refractivity contribution in [2.24, 2.45) is 11.8 Å². The molecule has 2 bridgehead atoms. The van der Waals surface area contributed by atoms with Gasteiger partial charge < -0.3 is 9.84 Å². The zero-order chi connectivity index (χ0) is 28.1. The number of carbonyl (C=O) groups is 1. The molecular formula is C29H33F6NO3. The number of alkyl halides is 6. The van der Waals surface area contributed by atoms with Crippen LogP contribution < -0.4 is 4.74 Å². The molecule has 2 saturated heterocycles. The van der Waals surface area contributed by atoms with Crippen LogP contribution in [0.25, 0.3) is 10.8 Å². The Morgan fingerprint density at radius 3 is 2.15 bits per heavy atom. The maximum Gasteiger partial charge on any atom is 0.420 e. The molecule has 214 valence electrons. The third-order valence-electron chi connectivity index (χ3n) is 9.03. The average molecular weight is 558 g/mol. The number of ether oxygens (including phenoxy) is 1. The number of nitrogens with zero attached hydrogens (tertiary/aromatic N) is 1. The summed E-state index contributed by atoms with van der Waals surface area (Å²) in [6.07, 6.45) is -5.91. The molecule has 0 amide bonds. The number of fused-ring (bicyclic) bond motifs is 3. The predicted octanol–water partition coefficient (Wildman–Crippen LogP) is 8.14. The molecule has 1 saturated carbocycles. The molecule has 2 heterocycles. The van der Waals surface area contributed by atoms with Gasteiger partial charge in [-0.25, -0.2) is 0 Å². The number of carboxylic acids is 1. The fourth-order valence-electron chi connectivity index (χ4n) is 7.09. The SMILES string of the molecule is CC(c1ccc2c(C(F)(F)F)c(O[C@H]3CC[C@@H](C(F)(F)F)CC3)ccc2c1)N1C2CCCC1CC(C(=O)O)C2. The second-order valence-electron chi connectivity index (χ2n) is 11.4. The number of rotatable bonds is 5. The van der Waals surface area contributed by atoms with E-state index in [0.29, 0.717) is 18.2 Å². The van der Waals surface area contributed by atoms with E-state index in [0.717, 1.165) is 24.8 Å². The van der Waals surface area contributed by atoms with Gasteiger partial charge in [-0.3, -0.25) is 9.69 Å². The fraction of sp³-hybridized carbons (Fsp3) is 0.621. The lowest BCUT2D eigenvalue weighted by molar-refractivity contribution is -0.185. The molecule has 3 atom stereocenters. The van der Waals surface area contributed by atoms with Gasteiger partial charge in [-0.1, -0.05) is 24.6 Å². The lowest BCUT2D eigenvalue weighted by Gasteiger charge is -2.51. The Labute approximate surface area is 223 Å². The van der Waals surface area contributed by atoms with Crippen LogP contribution in [0.3, 0.4) is 0 Å². The Bertz CT molecular complexity index is 1190. The molecule has 0 spiro atoms. The Hall–Kier alpha value is -2.49. The van der Waals surface area contributed by atoms with Crippen molar-refractivity contribution in [3.05, 3.63) is 41.5 Å². The van der Waals surface area contributed by atoms with Crippen LogP contribution in [-0.2, 0) is 11.0 Å². The van der Waals surface area contributed by atoms with E-state index in [2.05, 4.69) is 4.90 Å². The highest BCUT2D eigenvalue weighted by Gasteiger charge is 2.44. The molecule has 0 radical (unpaired) electrons. The van der Waals surface area contributed by atoms with Gasteiger partial charge in [0.25, 0.3) is 0 Å². The van der Waals surface area contributed by atoms with Gasteiger partial charge in [0.1, 0.15) is 11.3 Å². The van der Waals surface area contributed by atoms with Gasteiger partial charge in [0.2, 0.25) is 0 Å². The summed E-state index contributed by atoms with van der Waals surface area (Å²) < 4.78 is 87.5. The molecule has 0 aromatic heterocycles. The third kappa shape index (κ3) is 5.72. The van der Waals surface area contributed by atoms with Crippen molar-refractivity contribution in [3.8, 4) is 5.75 Å². The first-order chi connectivity index (χ1) is 18.3. The van der Waals surface area contributed by atoms with Crippen LogP contribution in [0.1, 0.15) is 81.9 Å². The summed E-state index contributed by atoms with van der Waals surface area (Å²) in [6.45, 7) is 2.02. The first kappa shape index (κ1) is 28.1. The molecule has 3 unspecified atom stereocenters. The molecule has 1 aliphatic carbocycles. The Morgan fingerprint density at radius 2 is 1.59 bits per heavy atom. The maximum atomic E-state index is 14.3. The van der Waals surface area contributed by atoms with E-state index >= 15 is 0 Å². The van der Waals surface area contributed by atoms with Crippen LogP contribution in [0.5, 0.6) is 5.75 Å². The topological polar surface area (TPSA) is 49.8 Å². The molecule has 39 heavy (non-hydrogen) atoms. The highest BCUT2D eigenvalue weighted by Crippen LogP contribution is 2.46. The van der Waals surface area contributed by atoms with E-state index in [4.69, 9.17) is 4.74 Å². The smallest absolute Gasteiger partial charge is 0.420 e. The molecule has 3 aliphatic rings. The molecule has 2 aromatic carbocycles. The van der Waals surface area contributed by atoms with Crippen LogP contribution in [0.15, 0.2) is 30.3 Å². The van der Waals surface area contributed by atoms with Crippen molar-refractivity contribution in [1.82, 2.24) is 4.90 Å². The van der Waals surface area contributed by atoms with E-state index < -0.39 is 35.9 Å². The monoisotopic (exact) mass is 557 g/mol. The fourth-order valence-corrected chi connectivity index (χ4v) is 7.09. The first-order valence-electron chi connectivity index (χ1n) is 13.7. The quantitative estimate of drug-likeness (QED) is 0.377. The zero-order valence-corrected chi connectivity index (χ0v) is 21.7. The van der Waals surface area contributed by atoms with Crippen molar-refractivity contribution >= 4 is 16.7 Å². The third-order valence-corrected chi connectivity index (χ3v) is 9.03. The number of carboxylic acid groups (broad SMARTS) is 1. The number of aliphatic carboxylic acids is 1. The molecule has 1 N–H and O–H groups in total. The summed E-state index contributed by atoms with van der Waals surface area (Å²) in [5, 5.41) is 9.95. The van der Waals surface area contributed by atoms with E-state index in [-0.39, 0.29) is 60.9 Å². The Morgan fingerprint density at radius 1 is 0.949 bits per heavy atom. The standard InChI is InChI=1S/C29H33F6NO3/c1-16(36-21-3-2-4-22(36)15-19(14-21)27(37)38)17-5-11-24-18(13-17)6-12-25(26(24)29(33,34)35)39-23-9-7-20(8-10-23)28(30,31)32/h5-6,11-13,16,19-23H,2-4,7-10,14-15H2,1H3,(H,37,38)/t16?,19?,20-,21?,22?,23+. The second-order valence-corrected chi connectivity index (χ2v) is 11.4. The minimum atomic E-state index is -4.71. The summed E-state index contributed by atoms with van der Waals surface area (Å²) in [7, 11) is 0. The summed E-state index contributed by atoms with van der Waals surface area (Å²) in [4.78, 5) is 14.0. The van der Waals surface area contributed by atoms with Gasteiger partial charge in [-0.2, -0.15) is 26.3 Å². The van der Waals surface area contributed by atoms with E-state index in [1.54, 1.807) is 18.2 Å². The maximum absolute atomic E-state index is 14.3. The van der Waals surface area contributed by atoms with Crippen LogP contribution in [0, 0.1) is 11.8 Å². The largest absolute Gasteiger partial charge is 0.490 e. The van der Waals surface area contributed by atoms with Crippen LogP contribution in [0.2, 0.25) is 0 Å². The van der Waals surface area contributed by atoms with Crippen LogP contribution >= 0.6 is 0 Å². The lowest BCUT2D eigenvalue weighted by atomic mass is 9.77. The summed E-state index contributed by atoms with van der Waals surface area (Å²) in [5.41, 5.74) is -0.0447. The minimum absolute atomic E-state index is 0.00953. The van der Waals surface area contributed by atoms with Crippen LogP contribution in [-0.4, -0.2) is 40.3 Å². The summed E-state index contributed by atoms with van der Waals surface area (Å²) >= 11 is 0. The van der Waals surface area contributed by atoms with Gasteiger partial charge in [0.05, 0.1) is 17.9 Å². The number of halogens is 6. The molecule has 4 nitrogen and oxygen atoms in total. The van der Waals surface area contributed by atoms with Crippen molar-refractivity contribution in [1.29, 1.82) is 0 Å². The van der Waals surface area contributed by atoms with Crippen molar-refractivity contribution < 1.29 is 41.0 Å². The molecular weight excluding hydrogens is 524 g/mol. The van der Waals surface area contributed by atoms with Gasteiger partial charge in [0, 0.05) is 18.1 Å². The first-order valence-corrected chi connectivity index (χ1v) is 13.7. The minimum Gasteiger partial charge on any atom is -0.490 e. The number of hydrogen-bond donors (Lipinski definition) is 1. The molecule has 2 aromatic rings. The molecule has 5 rings (SSSR count). The lowest BCUT2D eigenvalue weighted by Crippen LogP contribution is -2.53. The Kier molecular flexibility index (Phi) is 7.54. The van der Waals surface area contributed by atoms with Crippen molar-refractivity contribution in [3.63, 3.8) is 0 Å². The predicted molar refractivity (Wildman–Crippen MR) is 133 cm³/mol. The normalized spacial score (nSPS) is 29.3. The number of piperidine rings is 2. The van der Waals surface area contributed by atoms with Gasteiger partial charge >= 0.3 is 18.3 Å². The second kappa shape index (κ2) is 10.5. The molecule has 2 aliphatic heterocycles. The van der Waals surface area contributed by atoms with E-state index in [1.165, 1.54) is 12.1 Å². The van der Waals surface area contributed by atoms with E-state index in [1.807, 2.05) is 6.92 Å². The summed E-state index contributed by atoms with van der Waals surface area (Å²) in [5.74, 6) is -2.92. The van der Waals surface area contributed by atoms with Crippen molar-refractivity contribution in [2.45, 2.75) is 101 Å². The number of benzene rings is 2. The summed E-state index contributed by atoms with van der Waals surface area (Å²) in [6, 6.07) is 7.92. The van der Waals surface area contributed by atoms with Crippen LogP contribution in [0.4, 0.5) is 26.3 Å².